The van der Waals surface area contributed by atoms with Crippen molar-refractivity contribution in [2.45, 2.75) is 12.1 Å². The fourth-order valence-electron chi connectivity index (χ4n) is 0.993. The molecule has 0 radical (unpaired) electrons. The van der Waals surface area contributed by atoms with Crippen LogP contribution < -0.4 is 5.56 Å². The molecule has 0 fully saturated rings. The Balaban J connectivity index is 3.22. The third-order valence-corrected chi connectivity index (χ3v) is 2.13. The summed E-state index contributed by atoms with van der Waals surface area (Å²) < 4.78 is 37.8. The van der Waals surface area contributed by atoms with E-state index in [9.17, 15) is 18.0 Å². The molecule has 0 aromatic carbocycles. The lowest BCUT2D eigenvalue weighted by atomic mass is 10.3. The second kappa shape index (κ2) is 4.08. The molecule has 0 amide bonds. The zero-order chi connectivity index (χ0) is 10.8. The fraction of sp³-hybridized carbons (Fsp3) is 0.375. The van der Waals surface area contributed by atoms with E-state index in [1.807, 2.05) is 0 Å². The largest absolute Gasteiger partial charge is 0.421 e. The number of hydrogen-bond donors (Lipinski definition) is 0. The maximum atomic E-state index is 12.2. The van der Waals surface area contributed by atoms with E-state index in [1.165, 1.54) is 24.0 Å². The first-order chi connectivity index (χ1) is 6.46. The summed E-state index contributed by atoms with van der Waals surface area (Å²) in [4.78, 5) is 11.2. The number of rotatable bonds is 2. The Morgan fingerprint density at radius 1 is 1.50 bits per heavy atom. The van der Waals surface area contributed by atoms with Crippen LogP contribution in [0.4, 0.5) is 13.2 Å². The van der Waals surface area contributed by atoms with Crippen molar-refractivity contribution in [1.29, 1.82) is 0 Å². The van der Waals surface area contributed by atoms with Crippen LogP contribution in [-0.2, 0) is 12.1 Å². The van der Waals surface area contributed by atoms with Crippen LogP contribution in [0, 0.1) is 0 Å². The number of hydrogen-bond acceptors (Lipinski definition) is 2. The topological polar surface area (TPSA) is 22.0 Å². The van der Waals surface area contributed by atoms with Gasteiger partial charge in [-0.25, -0.2) is 0 Å². The first-order valence-corrected chi connectivity index (χ1v) is 5.12. The number of nitrogens with zero attached hydrogens (tertiary/aromatic N) is 1. The van der Waals surface area contributed by atoms with Gasteiger partial charge in [-0.2, -0.15) is 13.2 Å². The van der Waals surface area contributed by atoms with Crippen molar-refractivity contribution in [3.05, 3.63) is 34.2 Å². The Kier molecular flexibility index (Phi) is 3.25. The van der Waals surface area contributed by atoms with Gasteiger partial charge < -0.3 is 4.57 Å². The monoisotopic (exact) mass is 223 g/mol. The number of alkyl halides is 3. The van der Waals surface area contributed by atoms with Crippen molar-refractivity contribution in [3.8, 4) is 0 Å². The van der Waals surface area contributed by atoms with Crippen molar-refractivity contribution < 1.29 is 13.2 Å². The molecule has 0 aliphatic heterocycles. The van der Waals surface area contributed by atoms with Gasteiger partial charge in [-0.05, 0) is 18.4 Å². The molecule has 0 saturated heterocycles. The molecular formula is C8H8F3NOS. The third kappa shape index (κ3) is 2.31. The lowest BCUT2D eigenvalue weighted by Gasteiger charge is -2.08. The summed E-state index contributed by atoms with van der Waals surface area (Å²) in [5.74, 6) is 0.225. The second-order valence-electron chi connectivity index (χ2n) is 2.61. The Bertz CT molecular complexity index is 372. The molecule has 0 saturated carbocycles. The van der Waals surface area contributed by atoms with E-state index < -0.39 is 17.3 Å². The van der Waals surface area contributed by atoms with Gasteiger partial charge in [-0.3, -0.25) is 4.79 Å². The fourth-order valence-corrected chi connectivity index (χ4v) is 1.47. The highest BCUT2D eigenvalue weighted by Gasteiger charge is 2.34. The van der Waals surface area contributed by atoms with Crippen LogP contribution in [0.1, 0.15) is 5.56 Å². The maximum absolute atomic E-state index is 12.2. The van der Waals surface area contributed by atoms with Crippen LogP contribution in [0.5, 0.6) is 0 Å². The smallest absolute Gasteiger partial charge is 0.305 e. The van der Waals surface area contributed by atoms with Crippen molar-refractivity contribution in [2.24, 2.45) is 0 Å². The molecule has 1 rings (SSSR count). The Hall–Kier alpha value is -0.910. The minimum Gasteiger partial charge on any atom is -0.305 e. The molecule has 1 aromatic rings. The summed E-state index contributed by atoms with van der Waals surface area (Å²) >= 11 is 1.28. The molecular weight excluding hydrogens is 215 g/mol. The average molecular weight is 223 g/mol. The van der Waals surface area contributed by atoms with Crippen molar-refractivity contribution in [3.63, 3.8) is 0 Å². The van der Waals surface area contributed by atoms with Crippen LogP contribution >= 0.6 is 11.8 Å². The molecule has 0 aliphatic carbocycles. The van der Waals surface area contributed by atoms with E-state index in [0.717, 1.165) is 10.6 Å². The summed E-state index contributed by atoms with van der Waals surface area (Å²) in [7, 11) is 0. The SMILES string of the molecule is CSCn1cccc(C(F)(F)F)c1=O. The van der Waals surface area contributed by atoms with Gasteiger partial charge in [-0.1, -0.05) is 0 Å². The van der Waals surface area contributed by atoms with Crippen molar-refractivity contribution in [1.82, 2.24) is 4.57 Å². The average Bonchev–Trinajstić information content (AvgIpc) is 2.07. The molecule has 0 N–H and O–H groups in total. The summed E-state index contributed by atoms with van der Waals surface area (Å²) in [6, 6.07) is 2.01. The molecule has 0 atom stereocenters. The standard InChI is InChI=1S/C8H8F3NOS/c1-14-5-12-4-2-3-6(7(12)13)8(9,10)11/h2-4H,5H2,1H3. The zero-order valence-corrected chi connectivity index (χ0v) is 8.15. The Morgan fingerprint density at radius 3 is 2.64 bits per heavy atom. The molecule has 1 aromatic heterocycles. The second-order valence-corrected chi connectivity index (χ2v) is 3.45. The van der Waals surface area contributed by atoms with Crippen LogP contribution in [0.15, 0.2) is 23.1 Å². The van der Waals surface area contributed by atoms with Crippen LogP contribution in [-0.4, -0.2) is 10.8 Å². The Labute approximate surface area is 82.7 Å². The highest BCUT2D eigenvalue weighted by Crippen LogP contribution is 2.26. The molecule has 2 nitrogen and oxygen atoms in total. The molecule has 1 heterocycles. The Morgan fingerprint density at radius 2 is 2.14 bits per heavy atom. The number of halogens is 3. The van der Waals surface area contributed by atoms with Crippen LogP contribution in [0.2, 0.25) is 0 Å². The van der Waals surface area contributed by atoms with Gasteiger partial charge in [0, 0.05) is 6.20 Å². The lowest BCUT2D eigenvalue weighted by molar-refractivity contribution is -0.138. The van der Waals surface area contributed by atoms with Gasteiger partial charge in [0.05, 0.1) is 5.88 Å². The molecule has 0 unspecified atom stereocenters. The minimum atomic E-state index is -4.57. The highest BCUT2D eigenvalue weighted by molar-refractivity contribution is 7.97. The van der Waals surface area contributed by atoms with Crippen LogP contribution in [0.3, 0.4) is 0 Å². The lowest BCUT2D eigenvalue weighted by Crippen LogP contribution is -2.27. The van der Waals surface area contributed by atoms with Gasteiger partial charge in [0.15, 0.2) is 0 Å². The van der Waals surface area contributed by atoms with Gasteiger partial charge in [0.25, 0.3) is 5.56 Å². The molecule has 6 heteroatoms. The quantitative estimate of drug-likeness (QED) is 0.766. The summed E-state index contributed by atoms with van der Waals surface area (Å²) in [6.07, 6.45) is -1.51. The van der Waals surface area contributed by atoms with E-state index in [-0.39, 0.29) is 5.88 Å². The van der Waals surface area contributed by atoms with Gasteiger partial charge in [0.2, 0.25) is 0 Å². The predicted molar refractivity (Wildman–Crippen MR) is 49.2 cm³/mol. The normalized spacial score (nSPS) is 11.7. The van der Waals surface area contributed by atoms with Gasteiger partial charge in [-0.15, -0.1) is 11.8 Å². The van der Waals surface area contributed by atoms with Gasteiger partial charge >= 0.3 is 6.18 Å². The van der Waals surface area contributed by atoms with E-state index in [0.29, 0.717) is 0 Å². The maximum Gasteiger partial charge on any atom is 0.421 e. The van der Waals surface area contributed by atoms with E-state index in [1.54, 1.807) is 6.26 Å². The number of pyridine rings is 1. The first kappa shape index (κ1) is 11.2. The van der Waals surface area contributed by atoms with E-state index in [4.69, 9.17) is 0 Å². The molecule has 0 spiro atoms. The van der Waals surface area contributed by atoms with Crippen LogP contribution in [0.25, 0.3) is 0 Å². The zero-order valence-electron chi connectivity index (χ0n) is 7.34. The highest BCUT2D eigenvalue weighted by atomic mass is 32.2. The molecule has 0 aliphatic rings. The van der Waals surface area contributed by atoms with Crippen molar-refractivity contribution >= 4 is 11.8 Å². The van der Waals surface area contributed by atoms with E-state index >= 15 is 0 Å². The number of aromatic nitrogens is 1. The molecule has 78 valence electrons. The molecule has 0 bridgehead atoms. The predicted octanol–water partition coefficient (Wildman–Crippen LogP) is 2.19. The summed E-state index contributed by atoms with van der Waals surface area (Å²) in [6.45, 7) is 0. The van der Waals surface area contributed by atoms with Crippen molar-refractivity contribution in [2.75, 3.05) is 6.26 Å². The third-order valence-electron chi connectivity index (χ3n) is 1.59. The number of thioether (sulfide) groups is 1. The van der Waals surface area contributed by atoms with Gasteiger partial charge in [0.1, 0.15) is 5.56 Å². The molecule has 14 heavy (non-hydrogen) atoms. The minimum absolute atomic E-state index is 0.225. The first-order valence-electron chi connectivity index (χ1n) is 3.72. The summed E-state index contributed by atoms with van der Waals surface area (Å²) in [5.41, 5.74) is -2.11. The van der Waals surface area contributed by atoms with E-state index in [2.05, 4.69) is 0 Å². The summed E-state index contributed by atoms with van der Waals surface area (Å²) in [5, 5.41) is 0.